The van der Waals surface area contributed by atoms with Crippen LogP contribution in [0.3, 0.4) is 0 Å². The summed E-state index contributed by atoms with van der Waals surface area (Å²) in [6, 6.07) is 4.69. The molecule has 7 heteroatoms. The quantitative estimate of drug-likeness (QED) is 0.708. The van der Waals surface area contributed by atoms with Gasteiger partial charge in [-0.2, -0.15) is 8.78 Å². The highest BCUT2D eigenvalue weighted by molar-refractivity contribution is 9.10. The highest BCUT2D eigenvalue weighted by Crippen LogP contribution is 2.24. The number of ether oxygens (including phenoxy) is 1. The zero-order chi connectivity index (χ0) is 15.0. The van der Waals surface area contributed by atoms with Crippen LogP contribution in [-0.4, -0.2) is 26.1 Å². The lowest BCUT2D eigenvalue weighted by Gasteiger charge is -2.12. The number of rotatable bonds is 8. The zero-order valence-corrected chi connectivity index (χ0v) is 12.7. The molecule has 0 bridgehead atoms. The first kappa shape index (κ1) is 16.8. The fourth-order valence-corrected chi connectivity index (χ4v) is 2.01. The molecule has 0 spiro atoms. The normalized spacial score (nSPS) is 10.7. The Balaban J connectivity index is 2.57. The second-order valence-electron chi connectivity index (χ2n) is 4.11. The number of amides is 1. The molecule has 0 atom stereocenters. The van der Waals surface area contributed by atoms with Gasteiger partial charge in [0.05, 0.1) is 0 Å². The highest BCUT2D eigenvalue weighted by atomic mass is 79.9. The summed E-state index contributed by atoms with van der Waals surface area (Å²) in [7, 11) is 1.81. The van der Waals surface area contributed by atoms with Crippen LogP contribution in [0.2, 0.25) is 0 Å². The lowest BCUT2D eigenvalue weighted by Crippen LogP contribution is -2.24. The van der Waals surface area contributed by atoms with Crippen molar-refractivity contribution in [3.63, 3.8) is 0 Å². The average molecular weight is 351 g/mol. The number of benzene rings is 1. The van der Waals surface area contributed by atoms with Gasteiger partial charge in [-0.1, -0.05) is 15.9 Å². The van der Waals surface area contributed by atoms with Gasteiger partial charge < -0.3 is 15.4 Å². The third-order valence-corrected chi connectivity index (χ3v) is 3.04. The smallest absolute Gasteiger partial charge is 0.387 e. The van der Waals surface area contributed by atoms with E-state index < -0.39 is 6.61 Å². The number of hydrogen-bond acceptors (Lipinski definition) is 3. The first-order chi connectivity index (χ1) is 9.52. The van der Waals surface area contributed by atoms with E-state index in [2.05, 4.69) is 31.3 Å². The first-order valence-corrected chi connectivity index (χ1v) is 6.96. The van der Waals surface area contributed by atoms with Crippen molar-refractivity contribution >= 4 is 21.8 Å². The van der Waals surface area contributed by atoms with Gasteiger partial charge in [0.2, 0.25) is 5.91 Å². The Morgan fingerprint density at radius 1 is 1.45 bits per heavy atom. The summed E-state index contributed by atoms with van der Waals surface area (Å²) >= 11 is 3.26. The Labute approximate surface area is 125 Å². The van der Waals surface area contributed by atoms with Crippen LogP contribution in [-0.2, 0) is 11.3 Å². The predicted octanol–water partition coefficient (Wildman–Crippen LogP) is 2.67. The monoisotopic (exact) mass is 350 g/mol. The summed E-state index contributed by atoms with van der Waals surface area (Å²) in [4.78, 5) is 11.6. The van der Waals surface area contributed by atoms with Gasteiger partial charge >= 0.3 is 6.61 Å². The Kier molecular flexibility index (Phi) is 7.46. The third-order valence-electron chi connectivity index (χ3n) is 2.55. The lowest BCUT2D eigenvalue weighted by molar-refractivity contribution is -0.121. The van der Waals surface area contributed by atoms with Gasteiger partial charge in [-0.05, 0) is 38.2 Å². The second-order valence-corrected chi connectivity index (χ2v) is 5.03. The number of carbonyl (C=O) groups is 1. The maximum atomic E-state index is 12.3. The van der Waals surface area contributed by atoms with Gasteiger partial charge in [-0.15, -0.1) is 0 Å². The maximum absolute atomic E-state index is 12.3. The van der Waals surface area contributed by atoms with Crippen LogP contribution in [0.15, 0.2) is 22.7 Å². The van der Waals surface area contributed by atoms with E-state index in [-0.39, 0.29) is 18.2 Å². The molecule has 1 rings (SSSR count). The number of carbonyl (C=O) groups excluding carboxylic acids is 1. The molecule has 1 aromatic carbocycles. The summed E-state index contributed by atoms with van der Waals surface area (Å²) in [6.07, 6.45) is 1.11. The maximum Gasteiger partial charge on any atom is 0.387 e. The van der Waals surface area contributed by atoms with Gasteiger partial charge in [0.1, 0.15) is 5.75 Å². The molecule has 0 aliphatic carbocycles. The van der Waals surface area contributed by atoms with Crippen LogP contribution < -0.4 is 15.4 Å². The van der Waals surface area contributed by atoms with Gasteiger partial charge in [0.25, 0.3) is 0 Å². The number of nitrogens with one attached hydrogen (secondary N) is 2. The topological polar surface area (TPSA) is 50.4 Å². The molecule has 0 unspecified atom stereocenters. The van der Waals surface area contributed by atoms with Crippen LogP contribution in [0.4, 0.5) is 8.78 Å². The molecule has 0 heterocycles. The van der Waals surface area contributed by atoms with Crippen molar-refractivity contribution in [2.75, 3.05) is 13.6 Å². The minimum Gasteiger partial charge on any atom is -0.434 e. The van der Waals surface area contributed by atoms with Gasteiger partial charge in [-0.25, -0.2) is 0 Å². The first-order valence-electron chi connectivity index (χ1n) is 6.17. The van der Waals surface area contributed by atoms with Crippen LogP contribution in [0, 0.1) is 0 Å². The molecular formula is C13H17BrF2N2O2. The molecular weight excluding hydrogens is 334 g/mol. The standard InChI is InChI=1S/C13H17BrF2N2O2/c1-17-6-2-3-12(19)18-8-9-7-10(14)4-5-11(9)20-13(15)16/h4-5,7,13,17H,2-3,6,8H2,1H3,(H,18,19). The molecule has 0 aliphatic rings. The van der Waals surface area contributed by atoms with Crippen LogP contribution in [0.1, 0.15) is 18.4 Å². The number of halogens is 3. The molecule has 0 aliphatic heterocycles. The van der Waals surface area contributed by atoms with Crippen molar-refractivity contribution in [3.8, 4) is 5.75 Å². The molecule has 0 saturated heterocycles. The molecule has 112 valence electrons. The Hall–Kier alpha value is -1.21. The lowest BCUT2D eigenvalue weighted by atomic mass is 10.2. The summed E-state index contributed by atoms with van der Waals surface area (Å²) < 4.78 is 29.7. The highest BCUT2D eigenvalue weighted by Gasteiger charge is 2.11. The van der Waals surface area contributed by atoms with Gasteiger partial charge in [-0.3, -0.25) is 4.79 Å². The Morgan fingerprint density at radius 2 is 2.20 bits per heavy atom. The van der Waals surface area contributed by atoms with Crippen LogP contribution in [0.5, 0.6) is 5.75 Å². The zero-order valence-electron chi connectivity index (χ0n) is 11.1. The third kappa shape index (κ3) is 6.29. The van der Waals surface area contributed by atoms with Crippen molar-refractivity contribution in [3.05, 3.63) is 28.2 Å². The molecule has 1 aromatic rings. The molecule has 0 radical (unpaired) electrons. The molecule has 4 nitrogen and oxygen atoms in total. The SMILES string of the molecule is CNCCCC(=O)NCc1cc(Br)ccc1OC(F)F. The van der Waals surface area contributed by atoms with Gasteiger partial charge in [0.15, 0.2) is 0 Å². The van der Waals surface area contributed by atoms with E-state index in [9.17, 15) is 13.6 Å². The molecule has 0 saturated carbocycles. The minimum absolute atomic E-state index is 0.0683. The van der Waals surface area contributed by atoms with E-state index >= 15 is 0 Å². The van der Waals surface area contributed by atoms with Gasteiger partial charge in [0, 0.05) is 23.0 Å². The van der Waals surface area contributed by atoms with Crippen molar-refractivity contribution in [2.45, 2.75) is 26.0 Å². The largest absolute Gasteiger partial charge is 0.434 e. The van der Waals surface area contributed by atoms with E-state index in [1.54, 1.807) is 12.1 Å². The fourth-order valence-electron chi connectivity index (χ4n) is 1.61. The summed E-state index contributed by atoms with van der Waals surface area (Å²) in [6.45, 7) is -1.98. The molecule has 0 aromatic heterocycles. The summed E-state index contributed by atoms with van der Waals surface area (Å²) in [5.41, 5.74) is 0.502. The molecule has 1 amide bonds. The average Bonchev–Trinajstić information content (AvgIpc) is 2.39. The van der Waals surface area contributed by atoms with E-state index in [1.165, 1.54) is 6.07 Å². The summed E-state index contributed by atoms with van der Waals surface area (Å²) in [5.74, 6) is -0.0538. The summed E-state index contributed by atoms with van der Waals surface area (Å²) in [5, 5.41) is 5.63. The van der Waals surface area contributed by atoms with E-state index in [4.69, 9.17) is 0 Å². The Bertz CT molecular complexity index is 444. The number of alkyl halides is 2. The molecule has 20 heavy (non-hydrogen) atoms. The number of hydrogen-bond donors (Lipinski definition) is 2. The second kappa shape index (κ2) is 8.86. The predicted molar refractivity (Wildman–Crippen MR) is 75.8 cm³/mol. The Morgan fingerprint density at radius 3 is 2.85 bits per heavy atom. The fraction of sp³-hybridized carbons (Fsp3) is 0.462. The minimum atomic E-state index is -2.89. The van der Waals surface area contributed by atoms with Crippen molar-refractivity contribution < 1.29 is 18.3 Å². The molecule has 2 N–H and O–H groups in total. The van der Waals surface area contributed by atoms with Crippen molar-refractivity contribution in [1.29, 1.82) is 0 Å². The molecule has 0 fully saturated rings. The van der Waals surface area contributed by atoms with E-state index in [0.29, 0.717) is 12.0 Å². The van der Waals surface area contributed by atoms with E-state index in [1.807, 2.05) is 7.05 Å². The van der Waals surface area contributed by atoms with Crippen molar-refractivity contribution in [1.82, 2.24) is 10.6 Å². The van der Waals surface area contributed by atoms with Crippen LogP contribution in [0.25, 0.3) is 0 Å². The van der Waals surface area contributed by atoms with Crippen molar-refractivity contribution in [2.24, 2.45) is 0 Å². The van der Waals surface area contributed by atoms with Crippen LogP contribution >= 0.6 is 15.9 Å². The van der Waals surface area contributed by atoms with E-state index in [0.717, 1.165) is 17.4 Å².